The van der Waals surface area contributed by atoms with Gasteiger partial charge < -0.3 is 14.6 Å². The molecule has 5 nitrogen and oxygen atoms in total. The van der Waals surface area contributed by atoms with Crippen LogP contribution in [-0.2, 0) is 26.1 Å². The molecule has 0 unspecified atom stereocenters. The predicted molar refractivity (Wildman–Crippen MR) is 116 cm³/mol. The highest BCUT2D eigenvalue weighted by molar-refractivity contribution is 6.30. The van der Waals surface area contributed by atoms with Crippen LogP contribution in [0, 0.1) is 0 Å². The normalized spacial score (nSPS) is 10.8. The van der Waals surface area contributed by atoms with Crippen LogP contribution in [0.5, 0.6) is 5.75 Å². The van der Waals surface area contributed by atoms with Crippen molar-refractivity contribution < 1.29 is 4.74 Å². The lowest BCUT2D eigenvalue weighted by Crippen LogP contribution is -2.19. The Bertz CT molecular complexity index is 953. The first-order valence-corrected chi connectivity index (χ1v) is 10.2. The summed E-state index contributed by atoms with van der Waals surface area (Å²) in [5, 5.41) is 3.98. The van der Waals surface area contributed by atoms with E-state index in [-0.39, 0.29) is 5.56 Å². The van der Waals surface area contributed by atoms with Gasteiger partial charge in [-0.15, -0.1) is 0 Å². The van der Waals surface area contributed by atoms with Gasteiger partial charge in [-0.2, -0.15) is 0 Å². The number of nitrogens with zero attached hydrogens (tertiary/aromatic N) is 2. The van der Waals surface area contributed by atoms with E-state index in [0.717, 1.165) is 31.6 Å². The number of aromatic nitrogens is 2. The second kappa shape index (κ2) is 10.8. The van der Waals surface area contributed by atoms with Gasteiger partial charge in [-0.1, -0.05) is 42.8 Å². The lowest BCUT2D eigenvalue weighted by molar-refractivity contribution is 0.300. The summed E-state index contributed by atoms with van der Waals surface area (Å²) in [6, 6.07) is 15.4. The zero-order chi connectivity index (χ0) is 20.5. The molecular weight excluding hydrogens is 386 g/mol. The molecule has 0 spiro atoms. The topological polar surface area (TPSA) is 56.1 Å². The van der Waals surface area contributed by atoms with Crippen LogP contribution in [0.1, 0.15) is 30.2 Å². The van der Waals surface area contributed by atoms with Crippen LogP contribution >= 0.6 is 11.6 Å². The predicted octanol–water partition coefficient (Wildman–Crippen LogP) is 4.22. The molecule has 0 atom stereocenters. The van der Waals surface area contributed by atoms with Gasteiger partial charge in [-0.25, -0.2) is 0 Å². The summed E-state index contributed by atoms with van der Waals surface area (Å²) in [5.41, 5.74) is 3.17. The Hall–Kier alpha value is -2.63. The van der Waals surface area contributed by atoms with E-state index in [0.29, 0.717) is 23.9 Å². The van der Waals surface area contributed by atoms with Gasteiger partial charge in [0.15, 0.2) is 0 Å². The minimum absolute atomic E-state index is 0.0769. The monoisotopic (exact) mass is 411 g/mol. The van der Waals surface area contributed by atoms with Gasteiger partial charge in [0.05, 0.1) is 10.7 Å². The molecule has 0 aliphatic carbocycles. The van der Waals surface area contributed by atoms with Crippen molar-refractivity contribution in [1.29, 1.82) is 0 Å². The Labute approximate surface area is 176 Å². The van der Waals surface area contributed by atoms with Crippen molar-refractivity contribution >= 4 is 11.6 Å². The minimum atomic E-state index is -0.0769. The molecule has 3 rings (SSSR count). The Morgan fingerprint density at radius 2 is 1.90 bits per heavy atom. The standard InChI is InChI=1S/C23H26ClN3O2/c1-2-11-25-15-19-5-3-18(4-6-19)9-12-27-13-10-22(14-23(27)28)29-17-21-8-7-20(24)16-26-21/h3-8,10,13-14,16,25H,2,9,11-12,15,17H2,1H3. The number of nitrogens with one attached hydrogen (secondary N) is 1. The highest BCUT2D eigenvalue weighted by Crippen LogP contribution is 2.11. The number of rotatable bonds is 10. The quantitative estimate of drug-likeness (QED) is 0.507. The van der Waals surface area contributed by atoms with Gasteiger partial charge in [0.1, 0.15) is 12.4 Å². The number of pyridine rings is 2. The van der Waals surface area contributed by atoms with Crippen LogP contribution in [-0.4, -0.2) is 16.1 Å². The summed E-state index contributed by atoms with van der Waals surface area (Å²) in [6.07, 6.45) is 5.29. The molecule has 0 aliphatic rings. The van der Waals surface area contributed by atoms with Crippen LogP contribution < -0.4 is 15.6 Å². The third kappa shape index (κ3) is 6.73. The Morgan fingerprint density at radius 3 is 2.59 bits per heavy atom. The highest BCUT2D eigenvalue weighted by Gasteiger charge is 2.03. The molecule has 6 heteroatoms. The molecule has 3 aromatic rings. The maximum atomic E-state index is 12.4. The summed E-state index contributed by atoms with van der Waals surface area (Å²) in [6.45, 7) is 5.00. The van der Waals surface area contributed by atoms with E-state index in [9.17, 15) is 4.79 Å². The van der Waals surface area contributed by atoms with E-state index in [1.807, 2.05) is 0 Å². The van der Waals surface area contributed by atoms with E-state index in [1.165, 1.54) is 17.2 Å². The number of aryl methyl sites for hydroxylation is 2. The molecule has 0 aliphatic heterocycles. The van der Waals surface area contributed by atoms with Crippen LogP contribution in [0.2, 0.25) is 5.02 Å². The van der Waals surface area contributed by atoms with E-state index in [1.54, 1.807) is 35.2 Å². The Morgan fingerprint density at radius 1 is 1.10 bits per heavy atom. The second-order valence-electron chi connectivity index (χ2n) is 6.89. The molecule has 2 aromatic heterocycles. The van der Waals surface area contributed by atoms with Gasteiger partial charge in [0, 0.05) is 31.5 Å². The highest BCUT2D eigenvalue weighted by atomic mass is 35.5. The van der Waals surface area contributed by atoms with Crippen molar-refractivity contribution in [2.24, 2.45) is 0 Å². The Balaban J connectivity index is 1.51. The zero-order valence-electron chi connectivity index (χ0n) is 16.6. The number of benzene rings is 1. The van der Waals surface area contributed by atoms with E-state index in [2.05, 4.69) is 41.5 Å². The van der Waals surface area contributed by atoms with Crippen LogP contribution in [0.25, 0.3) is 0 Å². The zero-order valence-corrected chi connectivity index (χ0v) is 17.4. The minimum Gasteiger partial charge on any atom is -0.487 e. The van der Waals surface area contributed by atoms with E-state index in [4.69, 9.17) is 16.3 Å². The number of hydrogen-bond acceptors (Lipinski definition) is 4. The molecule has 0 saturated heterocycles. The summed E-state index contributed by atoms with van der Waals surface area (Å²) >= 11 is 5.82. The fourth-order valence-corrected chi connectivity index (χ4v) is 3.01. The lowest BCUT2D eigenvalue weighted by Gasteiger charge is -2.09. The van der Waals surface area contributed by atoms with Crippen molar-refractivity contribution in [3.05, 3.63) is 93.1 Å². The molecule has 0 saturated carbocycles. The van der Waals surface area contributed by atoms with Gasteiger partial charge >= 0.3 is 0 Å². The summed E-state index contributed by atoms with van der Waals surface area (Å²) in [7, 11) is 0. The maximum absolute atomic E-state index is 12.4. The molecule has 1 aromatic carbocycles. The van der Waals surface area contributed by atoms with Gasteiger partial charge in [0.25, 0.3) is 5.56 Å². The molecule has 0 fully saturated rings. The molecule has 1 N–H and O–H groups in total. The first-order chi connectivity index (χ1) is 14.1. The third-order valence-electron chi connectivity index (χ3n) is 4.56. The molecule has 0 radical (unpaired) electrons. The average molecular weight is 412 g/mol. The summed E-state index contributed by atoms with van der Waals surface area (Å²) in [5.74, 6) is 0.534. The number of hydrogen-bond donors (Lipinski definition) is 1. The molecule has 0 amide bonds. The molecular formula is C23H26ClN3O2. The van der Waals surface area contributed by atoms with Gasteiger partial charge in [-0.05, 0) is 48.7 Å². The van der Waals surface area contributed by atoms with Crippen molar-refractivity contribution in [1.82, 2.24) is 14.9 Å². The fourth-order valence-electron chi connectivity index (χ4n) is 2.90. The molecule has 152 valence electrons. The van der Waals surface area contributed by atoms with Crippen molar-refractivity contribution in [2.45, 2.75) is 39.5 Å². The van der Waals surface area contributed by atoms with E-state index < -0.39 is 0 Å². The van der Waals surface area contributed by atoms with E-state index >= 15 is 0 Å². The Kier molecular flexibility index (Phi) is 7.85. The number of ether oxygens (including phenoxy) is 1. The smallest absolute Gasteiger partial charge is 0.254 e. The van der Waals surface area contributed by atoms with Crippen molar-refractivity contribution in [3.8, 4) is 5.75 Å². The summed E-state index contributed by atoms with van der Waals surface area (Å²) in [4.78, 5) is 16.5. The lowest BCUT2D eigenvalue weighted by atomic mass is 10.1. The molecule has 2 heterocycles. The second-order valence-corrected chi connectivity index (χ2v) is 7.33. The number of halogens is 1. The van der Waals surface area contributed by atoms with Crippen LogP contribution in [0.4, 0.5) is 0 Å². The van der Waals surface area contributed by atoms with Gasteiger partial charge in [0.2, 0.25) is 0 Å². The maximum Gasteiger partial charge on any atom is 0.254 e. The molecule has 0 bridgehead atoms. The van der Waals surface area contributed by atoms with Crippen molar-refractivity contribution in [3.63, 3.8) is 0 Å². The van der Waals surface area contributed by atoms with Crippen LogP contribution in [0.3, 0.4) is 0 Å². The summed E-state index contributed by atoms with van der Waals surface area (Å²) < 4.78 is 7.36. The first kappa shape index (κ1) is 21.1. The molecule has 29 heavy (non-hydrogen) atoms. The fraction of sp³-hybridized carbons (Fsp3) is 0.304. The van der Waals surface area contributed by atoms with Gasteiger partial charge in [-0.3, -0.25) is 9.78 Å². The average Bonchev–Trinajstić information content (AvgIpc) is 2.74. The van der Waals surface area contributed by atoms with Crippen LogP contribution in [0.15, 0.2) is 65.7 Å². The van der Waals surface area contributed by atoms with Crippen molar-refractivity contribution in [2.75, 3.05) is 6.54 Å². The largest absolute Gasteiger partial charge is 0.487 e. The SMILES string of the molecule is CCCNCc1ccc(CCn2ccc(OCc3ccc(Cl)cn3)cc2=O)cc1. The first-order valence-electron chi connectivity index (χ1n) is 9.86. The third-order valence-corrected chi connectivity index (χ3v) is 4.79.